The monoisotopic (exact) mass is 306 g/mol. The number of carbonyl (C=O) groups is 1. The van der Waals surface area contributed by atoms with E-state index in [0.29, 0.717) is 12.0 Å². The van der Waals surface area contributed by atoms with Crippen molar-refractivity contribution in [3.8, 4) is 0 Å². The third kappa shape index (κ3) is 2.92. The van der Waals surface area contributed by atoms with Gasteiger partial charge in [-0.15, -0.1) is 0 Å². The highest BCUT2D eigenvalue weighted by Gasteiger charge is 2.53. The van der Waals surface area contributed by atoms with Crippen LogP contribution in [0.1, 0.15) is 34.4 Å². The zero-order valence-electron chi connectivity index (χ0n) is 11.2. The van der Waals surface area contributed by atoms with Gasteiger partial charge in [0.1, 0.15) is 11.7 Å². The van der Waals surface area contributed by atoms with Crippen molar-refractivity contribution in [1.82, 2.24) is 15.5 Å². The molecule has 1 N–H and O–H groups in total. The fraction of sp³-hybridized carbons (Fsp3) is 0.308. The van der Waals surface area contributed by atoms with E-state index in [1.54, 1.807) is 12.1 Å². The number of hydrogen-bond acceptors (Lipinski definition) is 6. The van der Waals surface area contributed by atoms with Crippen LogP contribution in [0.4, 0.5) is 4.39 Å². The molecule has 2 atom stereocenters. The number of amides is 1. The zero-order valence-corrected chi connectivity index (χ0v) is 11.2. The molecule has 0 unspecified atom stereocenters. The predicted octanol–water partition coefficient (Wildman–Crippen LogP) is 1.27. The summed E-state index contributed by atoms with van der Waals surface area (Å²) in [5.41, 5.74) is 0.717. The molecule has 3 rings (SSSR count). The summed E-state index contributed by atoms with van der Waals surface area (Å²) in [6.07, 6.45) is 0.339. The molecular weight excluding hydrogens is 295 g/mol. The molecule has 8 nitrogen and oxygen atoms in total. The van der Waals surface area contributed by atoms with E-state index >= 15 is 0 Å². The summed E-state index contributed by atoms with van der Waals surface area (Å²) in [5, 5.41) is 16.7. The first-order valence-electron chi connectivity index (χ1n) is 6.54. The first kappa shape index (κ1) is 14.1. The summed E-state index contributed by atoms with van der Waals surface area (Å²) in [7, 11) is 0. The van der Waals surface area contributed by atoms with Crippen LogP contribution in [0, 0.1) is 15.9 Å². The Labute approximate surface area is 123 Å². The van der Waals surface area contributed by atoms with Gasteiger partial charge in [-0.2, -0.15) is 4.98 Å². The van der Waals surface area contributed by atoms with Crippen molar-refractivity contribution in [2.24, 2.45) is 0 Å². The summed E-state index contributed by atoms with van der Waals surface area (Å²) in [5.74, 6) is -1.40. The molecular formula is C13H11FN4O4. The number of hydrogen-bond donors (Lipinski definition) is 1. The number of nitro groups is 1. The number of halogens is 1. The molecule has 1 saturated carbocycles. The van der Waals surface area contributed by atoms with Crippen LogP contribution in [0.5, 0.6) is 0 Å². The van der Waals surface area contributed by atoms with Crippen LogP contribution in [-0.4, -0.2) is 27.0 Å². The first-order chi connectivity index (χ1) is 10.5. The van der Waals surface area contributed by atoms with Crippen LogP contribution >= 0.6 is 0 Å². The molecule has 0 radical (unpaired) electrons. The van der Waals surface area contributed by atoms with Gasteiger partial charge in [-0.3, -0.25) is 14.9 Å². The van der Waals surface area contributed by atoms with Gasteiger partial charge in [-0.05, 0) is 17.7 Å². The second-order valence-electron chi connectivity index (χ2n) is 4.96. The SMILES string of the molecule is O=C(NCc1ccc(F)cc1)c1noc([C@H]2C[C@H]2[N+](=O)[O-])n1. The average molecular weight is 306 g/mol. The molecule has 22 heavy (non-hydrogen) atoms. The molecule has 2 aromatic rings. The highest BCUT2D eigenvalue weighted by atomic mass is 19.1. The second kappa shape index (κ2) is 5.51. The highest BCUT2D eigenvalue weighted by Crippen LogP contribution is 2.41. The van der Waals surface area contributed by atoms with E-state index in [0.717, 1.165) is 0 Å². The van der Waals surface area contributed by atoms with Gasteiger partial charge in [-0.1, -0.05) is 17.3 Å². The Bertz CT molecular complexity index is 715. The number of carbonyl (C=O) groups excluding carboxylic acids is 1. The van der Waals surface area contributed by atoms with E-state index in [2.05, 4.69) is 15.5 Å². The maximum Gasteiger partial charge on any atom is 0.292 e. The molecule has 1 aliphatic carbocycles. The Morgan fingerprint density at radius 1 is 1.45 bits per heavy atom. The maximum atomic E-state index is 12.8. The lowest BCUT2D eigenvalue weighted by atomic mass is 10.2. The van der Waals surface area contributed by atoms with Crippen molar-refractivity contribution < 1.29 is 18.6 Å². The summed E-state index contributed by atoms with van der Waals surface area (Å²) in [6.45, 7) is 0.184. The summed E-state index contributed by atoms with van der Waals surface area (Å²) < 4.78 is 17.6. The zero-order chi connectivity index (χ0) is 15.7. The molecule has 0 saturated heterocycles. The molecule has 0 spiro atoms. The summed E-state index contributed by atoms with van der Waals surface area (Å²) in [6, 6.07) is 4.96. The smallest absolute Gasteiger partial charge is 0.292 e. The highest BCUT2D eigenvalue weighted by molar-refractivity contribution is 5.90. The Morgan fingerprint density at radius 3 is 2.82 bits per heavy atom. The molecule has 114 valence electrons. The first-order valence-corrected chi connectivity index (χ1v) is 6.54. The van der Waals surface area contributed by atoms with Crippen molar-refractivity contribution in [2.75, 3.05) is 0 Å². The number of nitrogens with zero attached hydrogens (tertiary/aromatic N) is 3. The van der Waals surface area contributed by atoms with Crippen molar-refractivity contribution in [3.63, 3.8) is 0 Å². The predicted molar refractivity (Wildman–Crippen MR) is 70.0 cm³/mol. The molecule has 1 aromatic carbocycles. The minimum absolute atomic E-state index is 0.105. The normalized spacial score (nSPS) is 19.7. The lowest BCUT2D eigenvalue weighted by molar-refractivity contribution is -0.496. The summed E-state index contributed by atoms with van der Waals surface area (Å²) in [4.78, 5) is 25.9. The van der Waals surface area contributed by atoms with E-state index in [-0.39, 0.29) is 24.1 Å². The molecule has 0 aliphatic heterocycles. The van der Waals surface area contributed by atoms with E-state index in [1.807, 2.05) is 0 Å². The molecule has 1 aliphatic rings. The standard InChI is InChI=1S/C13H11FN4O4/c14-8-3-1-7(2-4-8)6-15-12(19)11-16-13(22-17-11)9-5-10(9)18(20)21/h1-4,9-10H,5-6H2,(H,15,19)/t9-,10+/m0/s1. The van der Waals surface area contributed by atoms with Crippen molar-refractivity contribution in [3.05, 3.63) is 57.5 Å². The number of benzene rings is 1. The quantitative estimate of drug-likeness (QED) is 0.657. The Hall–Kier alpha value is -2.84. The van der Waals surface area contributed by atoms with Gasteiger partial charge in [0.15, 0.2) is 0 Å². The summed E-state index contributed by atoms with van der Waals surface area (Å²) >= 11 is 0. The topological polar surface area (TPSA) is 111 Å². The van der Waals surface area contributed by atoms with Gasteiger partial charge in [0.2, 0.25) is 11.9 Å². The van der Waals surface area contributed by atoms with E-state index in [4.69, 9.17) is 4.52 Å². The van der Waals surface area contributed by atoms with Crippen LogP contribution in [0.15, 0.2) is 28.8 Å². The number of aromatic nitrogens is 2. The van der Waals surface area contributed by atoms with Crippen molar-refractivity contribution >= 4 is 5.91 Å². The van der Waals surface area contributed by atoms with Gasteiger partial charge >= 0.3 is 0 Å². The van der Waals surface area contributed by atoms with Gasteiger partial charge in [0.25, 0.3) is 11.7 Å². The fourth-order valence-corrected chi connectivity index (χ4v) is 2.02. The fourth-order valence-electron chi connectivity index (χ4n) is 2.02. The molecule has 9 heteroatoms. The Balaban J connectivity index is 1.58. The lowest BCUT2D eigenvalue weighted by Gasteiger charge is -2.02. The Kier molecular flexibility index (Phi) is 3.53. The number of rotatable bonds is 5. The van der Waals surface area contributed by atoms with Crippen LogP contribution in [-0.2, 0) is 6.54 Å². The molecule has 1 aromatic heterocycles. The van der Waals surface area contributed by atoms with Crippen LogP contribution in [0.25, 0.3) is 0 Å². The molecule has 1 fully saturated rings. The Morgan fingerprint density at radius 2 is 2.18 bits per heavy atom. The average Bonchev–Trinajstić information content (AvgIpc) is 3.16. The lowest BCUT2D eigenvalue weighted by Crippen LogP contribution is -2.24. The van der Waals surface area contributed by atoms with E-state index < -0.39 is 22.8 Å². The minimum atomic E-state index is -0.712. The van der Waals surface area contributed by atoms with Gasteiger partial charge in [-0.25, -0.2) is 4.39 Å². The molecule has 1 heterocycles. The third-order valence-corrected chi connectivity index (χ3v) is 3.36. The van der Waals surface area contributed by atoms with Crippen molar-refractivity contribution in [1.29, 1.82) is 0 Å². The van der Waals surface area contributed by atoms with Gasteiger partial charge in [0.05, 0.1) is 0 Å². The van der Waals surface area contributed by atoms with E-state index in [9.17, 15) is 19.3 Å². The largest absolute Gasteiger partial charge is 0.345 e. The van der Waals surface area contributed by atoms with Crippen molar-refractivity contribution in [2.45, 2.75) is 24.9 Å². The minimum Gasteiger partial charge on any atom is -0.345 e. The van der Waals surface area contributed by atoms with Crippen LogP contribution in [0.2, 0.25) is 0 Å². The third-order valence-electron chi connectivity index (χ3n) is 3.36. The molecule has 1 amide bonds. The second-order valence-corrected chi connectivity index (χ2v) is 4.96. The van der Waals surface area contributed by atoms with E-state index in [1.165, 1.54) is 12.1 Å². The van der Waals surface area contributed by atoms with Gasteiger partial charge < -0.3 is 9.84 Å². The van der Waals surface area contributed by atoms with Crippen LogP contribution < -0.4 is 5.32 Å². The van der Waals surface area contributed by atoms with Crippen LogP contribution in [0.3, 0.4) is 0 Å². The maximum absolute atomic E-state index is 12.8. The van der Waals surface area contributed by atoms with Gasteiger partial charge in [0, 0.05) is 17.9 Å². The number of nitrogens with one attached hydrogen (secondary N) is 1. The molecule has 0 bridgehead atoms.